The normalized spacial score (nSPS) is 11.4. The van der Waals surface area contributed by atoms with Crippen LogP contribution in [0.3, 0.4) is 0 Å². The van der Waals surface area contributed by atoms with Crippen LogP contribution in [0.4, 0.5) is 10.2 Å². The number of nitrogens with zero attached hydrogens (tertiary/aromatic N) is 5. The molecule has 0 saturated carbocycles. The minimum absolute atomic E-state index is 0.308. The molecule has 6 rings (SSSR count). The molecule has 0 bridgehead atoms. The molecule has 0 unspecified atom stereocenters. The second kappa shape index (κ2) is 8.59. The summed E-state index contributed by atoms with van der Waals surface area (Å²) < 4.78 is 22.4. The van der Waals surface area contributed by atoms with E-state index < -0.39 is 0 Å². The van der Waals surface area contributed by atoms with Gasteiger partial charge in [-0.3, -0.25) is 4.79 Å². The van der Waals surface area contributed by atoms with Crippen molar-refractivity contribution < 1.29 is 13.9 Å². The lowest BCUT2D eigenvalue weighted by molar-refractivity contribution is 0.102. The largest absolute Gasteiger partial charge is 0.496 e. The Morgan fingerprint density at radius 3 is 2.68 bits per heavy atom. The van der Waals surface area contributed by atoms with Gasteiger partial charge in [0.1, 0.15) is 28.8 Å². The van der Waals surface area contributed by atoms with E-state index in [1.165, 1.54) is 12.1 Å². The number of fused-ring (bicyclic) bond motifs is 2. The van der Waals surface area contributed by atoms with Crippen molar-refractivity contribution in [1.82, 2.24) is 29.1 Å². The van der Waals surface area contributed by atoms with E-state index in [2.05, 4.69) is 20.3 Å². The third-order valence-electron chi connectivity index (χ3n) is 6.33. The molecule has 0 atom stereocenters. The van der Waals surface area contributed by atoms with Gasteiger partial charge in [0.25, 0.3) is 5.91 Å². The molecular formula is C27H22FN7O2. The molecular weight excluding hydrogens is 473 g/mol. The zero-order chi connectivity index (χ0) is 25.7. The molecule has 6 aromatic rings. The lowest BCUT2D eigenvalue weighted by Gasteiger charge is -2.07. The molecule has 184 valence electrons. The number of aromatic amines is 1. The molecule has 9 nitrogen and oxygen atoms in total. The summed E-state index contributed by atoms with van der Waals surface area (Å²) in [5.41, 5.74) is 4.70. The Morgan fingerprint density at radius 2 is 1.89 bits per heavy atom. The molecule has 0 aliphatic carbocycles. The lowest BCUT2D eigenvalue weighted by Crippen LogP contribution is -2.12. The quantitative estimate of drug-likeness (QED) is 0.351. The number of carbonyl (C=O) groups is 1. The van der Waals surface area contributed by atoms with Crippen molar-refractivity contribution in [1.29, 1.82) is 0 Å². The van der Waals surface area contributed by atoms with E-state index in [9.17, 15) is 9.18 Å². The highest BCUT2D eigenvalue weighted by atomic mass is 19.1. The Labute approximate surface area is 210 Å². The Hall–Kier alpha value is -4.99. The third-order valence-corrected chi connectivity index (χ3v) is 6.33. The summed E-state index contributed by atoms with van der Waals surface area (Å²) in [7, 11) is 3.50. The van der Waals surface area contributed by atoms with Crippen LogP contribution in [0.2, 0.25) is 0 Å². The number of anilines is 1. The van der Waals surface area contributed by atoms with Gasteiger partial charge in [-0.1, -0.05) is 6.07 Å². The van der Waals surface area contributed by atoms with Crippen LogP contribution in [-0.2, 0) is 7.05 Å². The molecule has 0 saturated heterocycles. The first-order valence-corrected chi connectivity index (χ1v) is 11.5. The second-order valence-electron chi connectivity index (χ2n) is 8.63. The molecule has 2 N–H and O–H groups in total. The van der Waals surface area contributed by atoms with Gasteiger partial charge in [0.15, 0.2) is 11.5 Å². The maximum absolute atomic E-state index is 13.5. The fourth-order valence-corrected chi connectivity index (χ4v) is 4.39. The first-order chi connectivity index (χ1) is 17.9. The number of aryl methyl sites for hydroxylation is 1. The Bertz CT molecular complexity index is 1800. The van der Waals surface area contributed by atoms with Crippen LogP contribution in [-0.4, -0.2) is 42.2 Å². The van der Waals surface area contributed by atoms with E-state index in [-0.39, 0.29) is 11.7 Å². The zero-order valence-corrected chi connectivity index (χ0v) is 20.3. The standard InChI is InChI=1S/C27H22FN7O2/c1-15-29-25(16-7-9-17(28)10-8-16)26(34(15)2)20-11-12-24-31-23(14-35(24)33-20)32-27(36)21-13-18-19(30-21)5-4-6-22(18)37-3/h4-14,30H,1-3H3,(H,32,36). The number of halogens is 1. The van der Waals surface area contributed by atoms with Crippen molar-refractivity contribution >= 4 is 28.3 Å². The van der Waals surface area contributed by atoms with Crippen LogP contribution in [0.15, 0.2) is 66.9 Å². The molecule has 0 fully saturated rings. The monoisotopic (exact) mass is 495 g/mol. The average Bonchev–Trinajstić information content (AvgIpc) is 3.59. The van der Waals surface area contributed by atoms with Gasteiger partial charge < -0.3 is 19.6 Å². The number of imidazole rings is 2. The number of aromatic nitrogens is 6. The predicted molar refractivity (Wildman–Crippen MR) is 138 cm³/mol. The van der Waals surface area contributed by atoms with Gasteiger partial charge in [0.05, 0.1) is 24.7 Å². The van der Waals surface area contributed by atoms with Gasteiger partial charge in [-0.25, -0.2) is 18.9 Å². The van der Waals surface area contributed by atoms with Gasteiger partial charge in [-0.15, -0.1) is 0 Å². The first-order valence-electron chi connectivity index (χ1n) is 11.5. The second-order valence-corrected chi connectivity index (χ2v) is 8.63. The van der Waals surface area contributed by atoms with E-state index in [0.717, 1.165) is 28.0 Å². The molecule has 1 amide bonds. The highest BCUT2D eigenvalue weighted by molar-refractivity contribution is 6.06. The van der Waals surface area contributed by atoms with Crippen LogP contribution in [0.25, 0.3) is 39.2 Å². The molecule has 0 radical (unpaired) electrons. The van der Waals surface area contributed by atoms with Crippen LogP contribution < -0.4 is 10.1 Å². The van der Waals surface area contributed by atoms with Crippen LogP contribution in [0.5, 0.6) is 5.75 Å². The van der Waals surface area contributed by atoms with Crippen molar-refractivity contribution in [2.24, 2.45) is 7.05 Å². The summed E-state index contributed by atoms with van der Waals surface area (Å²) in [6.45, 7) is 1.90. The zero-order valence-electron chi connectivity index (χ0n) is 20.3. The van der Waals surface area contributed by atoms with Crippen LogP contribution in [0, 0.1) is 12.7 Å². The maximum atomic E-state index is 13.5. The summed E-state index contributed by atoms with van der Waals surface area (Å²) >= 11 is 0. The molecule has 37 heavy (non-hydrogen) atoms. The summed E-state index contributed by atoms with van der Waals surface area (Å²) in [5.74, 6) is 1.20. The molecule has 0 aliphatic heterocycles. The van der Waals surface area contributed by atoms with Crippen molar-refractivity contribution in [3.05, 3.63) is 84.2 Å². The van der Waals surface area contributed by atoms with Crippen LogP contribution in [0.1, 0.15) is 16.3 Å². The third kappa shape index (κ3) is 3.88. The van der Waals surface area contributed by atoms with E-state index in [4.69, 9.17) is 9.84 Å². The van der Waals surface area contributed by atoms with Crippen molar-refractivity contribution in [2.45, 2.75) is 6.92 Å². The van der Waals surface area contributed by atoms with Gasteiger partial charge in [0, 0.05) is 23.5 Å². The van der Waals surface area contributed by atoms with E-state index in [0.29, 0.717) is 34.3 Å². The number of H-pyrrole nitrogens is 1. The topological polar surface area (TPSA) is 102 Å². The van der Waals surface area contributed by atoms with Gasteiger partial charge in [-0.05, 0) is 61.5 Å². The van der Waals surface area contributed by atoms with E-state index >= 15 is 0 Å². The van der Waals surface area contributed by atoms with Crippen molar-refractivity contribution in [3.63, 3.8) is 0 Å². The van der Waals surface area contributed by atoms with Crippen LogP contribution >= 0.6 is 0 Å². The first kappa shape index (κ1) is 22.5. The van der Waals surface area contributed by atoms with Gasteiger partial charge >= 0.3 is 0 Å². The van der Waals surface area contributed by atoms with Gasteiger partial charge in [-0.2, -0.15) is 5.10 Å². The molecule has 10 heteroatoms. The molecule has 2 aromatic carbocycles. The molecule has 4 heterocycles. The predicted octanol–water partition coefficient (Wildman–Crippen LogP) is 4.99. The number of carbonyl (C=O) groups excluding carboxylic acids is 1. The van der Waals surface area contributed by atoms with Gasteiger partial charge in [0.2, 0.25) is 0 Å². The van der Waals surface area contributed by atoms with Crippen molar-refractivity contribution in [2.75, 3.05) is 12.4 Å². The lowest BCUT2D eigenvalue weighted by atomic mass is 10.1. The smallest absolute Gasteiger partial charge is 0.273 e. The van der Waals surface area contributed by atoms with E-state index in [1.807, 2.05) is 48.9 Å². The Balaban J connectivity index is 1.33. The summed E-state index contributed by atoms with van der Waals surface area (Å²) in [5, 5.41) is 8.37. The number of nitrogens with one attached hydrogen (secondary N) is 2. The summed E-state index contributed by atoms with van der Waals surface area (Å²) in [4.78, 5) is 25.2. The minimum atomic E-state index is -0.331. The van der Waals surface area contributed by atoms with E-state index in [1.54, 1.807) is 36.0 Å². The number of methoxy groups -OCH3 is 1. The Morgan fingerprint density at radius 1 is 1.08 bits per heavy atom. The van der Waals surface area contributed by atoms with Crippen molar-refractivity contribution in [3.8, 4) is 28.4 Å². The minimum Gasteiger partial charge on any atom is -0.496 e. The highest BCUT2D eigenvalue weighted by Crippen LogP contribution is 2.31. The fraction of sp³-hybridized carbons (Fsp3) is 0.111. The fourth-order valence-electron chi connectivity index (χ4n) is 4.39. The molecule has 0 spiro atoms. The summed E-state index contributed by atoms with van der Waals surface area (Å²) in [6.07, 6.45) is 1.65. The number of benzene rings is 2. The molecule has 4 aromatic heterocycles. The number of hydrogen-bond donors (Lipinski definition) is 2. The maximum Gasteiger partial charge on any atom is 0.273 e. The summed E-state index contributed by atoms with van der Waals surface area (Å²) in [6, 6.07) is 17.2. The average molecular weight is 496 g/mol. The highest BCUT2D eigenvalue weighted by Gasteiger charge is 2.19. The number of hydrogen-bond acceptors (Lipinski definition) is 5. The number of amides is 1. The molecule has 0 aliphatic rings. The number of rotatable bonds is 5. The Kier molecular flexibility index (Phi) is 5.22. The number of ether oxygens (including phenoxy) is 1. The SMILES string of the molecule is COc1cccc2[nH]c(C(=O)Nc3cn4nc(-c5c(-c6ccc(F)cc6)nc(C)n5C)ccc4n3)cc12.